The lowest BCUT2D eigenvalue weighted by molar-refractivity contribution is -0.0729. The minimum absolute atomic E-state index is 0.108. The van der Waals surface area contributed by atoms with Crippen LogP contribution >= 0.6 is 0 Å². The molecule has 1 amide bonds. The Bertz CT molecular complexity index is 514. The van der Waals surface area contributed by atoms with E-state index in [1.807, 2.05) is 32.9 Å². The van der Waals surface area contributed by atoms with Crippen LogP contribution in [0.1, 0.15) is 66.2 Å². The summed E-state index contributed by atoms with van der Waals surface area (Å²) in [6.07, 6.45) is 6.44. The molecule has 3 fully saturated rings. The molecule has 4 aliphatic rings. The second kappa shape index (κ2) is 5.90. The lowest BCUT2D eigenvalue weighted by atomic mass is 9.53. The number of fused-ring (bicyclic) bond motifs is 3. The lowest BCUT2D eigenvalue weighted by Crippen LogP contribution is -2.51. The van der Waals surface area contributed by atoms with Crippen LogP contribution in [0.15, 0.2) is 4.99 Å². The molecule has 1 N–H and O–H groups in total. The molecule has 2 bridgehead atoms. The zero-order chi connectivity index (χ0) is 17.6. The third-order valence-electron chi connectivity index (χ3n) is 5.92. The molecule has 1 unspecified atom stereocenters. The van der Waals surface area contributed by atoms with Crippen molar-refractivity contribution >= 4 is 12.0 Å². The Morgan fingerprint density at radius 1 is 1.29 bits per heavy atom. The maximum atomic E-state index is 11.9. The molecular formula is C18H31N3O3. The van der Waals surface area contributed by atoms with Gasteiger partial charge in [0.2, 0.25) is 5.90 Å². The molecule has 6 nitrogen and oxygen atoms in total. The molecule has 3 saturated carbocycles. The molecule has 1 heterocycles. The summed E-state index contributed by atoms with van der Waals surface area (Å²) < 4.78 is 5.36. The quantitative estimate of drug-likeness (QED) is 0.856. The van der Waals surface area contributed by atoms with E-state index in [1.165, 1.54) is 0 Å². The normalized spacial score (nSPS) is 36.2. The van der Waals surface area contributed by atoms with E-state index < -0.39 is 5.60 Å². The molecule has 136 valence electrons. The molecule has 4 rings (SSSR count). The summed E-state index contributed by atoms with van der Waals surface area (Å²) in [6, 6.07) is 0. The number of nitrogens with one attached hydrogen (secondary N) is 1. The van der Waals surface area contributed by atoms with Crippen LogP contribution in [0.5, 0.6) is 0 Å². The number of ether oxygens (including phenoxy) is 1. The number of alkyl carbamates (subject to hydrolysis) is 1. The van der Waals surface area contributed by atoms with Crippen LogP contribution in [0.3, 0.4) is 0 Å². The van der Waals surface area contributed by atoms with Gasteiger partial charge >= 0.3 is 6.09 Å². The van der Waals surface area contributed by atoms with Crippen molar-refractivity contribution in [2.24, 2.45) is 15.8 Å². The van der Waals surface area contributed by atoms with Gasteiger partial charge in [-0.25, -0.2) is 9.79 Å². The average Bonchev–Trinajstić information content (AvgIpc) is 2.86. The van der Waals surface area contributed by atoms with E-state index in [9.17, 15) is 4.79 Å². The Kier molecular flexibility index (Phi) is 4.31. The van der Waals surface area contributed by atoms with Gasteiger partial charge in [0.25, 0.3) is 0 Å². The van der Waals surface area contributed by atoms with E-state index in [4.69, 9.17) is 14.6 Å². The van der Waals surface area contributed by atoms with Crippen LogP contribution in [0.4, 0.5) is 4.79 Å². The van der Waals surface area contributed by atoms with Gasteiger partial charge in [0.1, 0.15) is 11.8 Å². The predicted molar refractivity (Wildman–Crippen MR) is 92.5 cm³/mol. The van der Waals surface area contributed by atoms with Crippen molar-refractivity contribution < 1.29 is 14.4 Å². The smallest absolute Gasteiger partial charge is 0.407 e. The first-order valence-electron chi connectivity index (χ1n) is 9.09. The zero-order valence-corrected chi connectivity index (χ0v) is 15.6. The highest BCUT2D eigenvalue weighted by Crippen LogP contribution is 2.57. The highest BCUT2D eigenvalue weighted by Gasteiger charge is 2.53. The van der Waals surface area contributed by atoms with Gasteiger partial charge in [-0.15, -0.1) is 5.06 Å². The van der Waals surface area contributed by atoms with Gasteiger partial charge in [-0.05, 0) is 71.6 Å². The molecular weight excluding hydrogens is 306 g/mol. The van der Waals surface area contributed by atoms with Gasteiger partial charge < -0.3 is 14.9 Å². The first-order valence-corrected chi connectivity index (χ1v) is 9.09. The van der Waals surface area contributed by atoms with Gasteiger partial charge in [-0.1, -0.05) is 0 Å². The van der Waals surface area contributed by atoms with E-state index >= 15 is 0 Å². The first kappa shape index (κ1) is 17.5. The first-order chi connectivity index (χ1) is 11.1. The Balaban J connectivity index is 1.56. The number of hydrogen-bond acceptors (Lipinski definition) is 5. The summed E-state index contributed by atoms with van der Waals surface area (Å²) >= 11 is 0. The Labute approximate surface area is 144 Å². The van der Waals surface area contributed by atoms with E-state index in [0.29, 0.717) is 6.54 Å². The second-order valence-electron chi connectivity index (χ2n) is 8.84. The van der Waals surface area contributed by atoms with Crippen LogP contribution in [0, 0.1) is 10.8 Å². The molecule has 24 heavy (non-hydrogen) atoms. The summed E-state index contributed by atoms with van der Waals surface area (Å²) in [5.41, 5.74) is -0.112. The van der Waals surface area contributed by atoms with Gasteiger partial charge in [-0.3, -0.25) is 0 Å². The lowest BCUT2D eigenvalue weighted by Gasteiger charge is -2.52. The third kappa shape index (κ3) is 3.39. The number of aliphatic imine (C=N–C) groups is 1. The third-order valence-corrected chi connectivity index (χ3v) is 5.92. The number of carbonyl (C=O) groups excluding carboxylic acids is 1. The molecule has 0 aromatic heterocycles. The molecule has 1 atom stereocenters. The molecule has 6 heteroatoms. The van der Waals surface area contributed by atoms with Crippen molar-refractivity contribution in [2.45, 2.75) is 78.0 Å². The second-order valence-corrected chi connectivity index (χ2v) is 8.84. The maximum absolute atomic E-state index is 11.9. The molecule has 0 aromatic carbocycles. The molecule has 0 saturated heterocycles. The Morgan fingerprint density at radius 3 is 2.33 bits per heavy atom. The highest BCUT2D eigenvalue weighted by molar-refractivity contribution is 5.84. The largest absolute Gasteiger partial charge is 0.444 e. The topological polar surface area (TPSA) is 63.2 Å². The van der Waals surface area contributed by atoms with E-state index in [0.717, 1.165) is 44.4 Å². The monoisotopic (exact) mass is 337 g/mol. The number of hydroxylamine groups is 2. The van der Waals surface area contributed by atoms with Crippen molar-refractivity contribution in [3.05, 3.63) is 0 Å². The minimum Gasteiger partial charge on any atom is -0.444 e. The van der Waals surface area contributed by atoms with Gasteiger partial charge in [-0.2, -0.15) is 0 Å². The van der Waals surface area contributed by atoms with Gasteiger partial charge in [0, 0.05) is 19.0 Å². The van der Waals surface area contributed by atoms with Crippen molar-refractivity contribution in [2.75, 3.05) is 13.6 Å². The van der Waals surface area contributed by atoms with E-state index in [2.05, 4.69) is 12.2 Å². The molecule has 3 aliphatic carbocycles. The van der Waals surface area contributed by atoms with E-state index in [-0.39, 0.29) is 23.1 Å². The minimum atomic E-state index is -0.448. The van der Waals surface area contributed by atoms with Crippen LogP contribution in [0.2, 0.25) is 0 Å². The Morgan fingerprint density at radius 2 is 1.88 bits per heavy atom. The Hall–Kier alpha value is -1.30. The van der Waals surface area contributed by atoms with Crippen molar-refractivity contribution in [1.82, 2.24) is 10.4 Å². The van der Waals surface area contributed by atoms with Crippen LogP contribution in [-0.2, 0) is 9.57 Å². The van der Waals surface area contributed by atoms with Crippen LogP contribution in [0.25, 0.3) is 0 Å². The van der Waals surface area contributed by atoms with Crippen molar-refractivity contribution in [3.8, 4) is 0 Å². The van der Waals surface area contributed by atoms with Gasteiger partial charge in [0.15, 0.2) is 0 Å². The summed E-state index contributed by atoms with van der Waals surface area (Å²) in [4.78, 5) is 22.6. The highest BCUT2D eigenvalue weighted by atomic mass is 16.7. The fourth-order valence-corrected chi connectivity index (χ4v) is 4.14. The van der Waals surface area contributed by atoms with Crippen LogP contribution in [-0.4, -0.2) is 42.4 Å². The summed E-state index contributed by atoms with van der Waals surface area (Å²) in [5.74, 6) is 0.936. The summed E-state index contributed by atoms with van der Waals surface area (Å²) in [7, 11) is 1.94. The standard InChI is InChI=1S/C18H31N3O3/c1-13-20-14(24-21(13)5)18-9-6-17(7-10-18,8-11-18)12-19-15(22)23-16(2,3)4/h13H,6-12H2,1-5H3,(H,19,22). The van der Waals surface area contributed by atoms with E-state index in [1.54, 1.807) is 0 Å². The van der Waals surface area contributed by atoms with Crippen molar-refractivity contribution in [1.29, 1.82) is 0 Å². The molecule has 0 aromatic rings. The molecule has 0 radical (unpaired) electrons. The number of carbonyl (C=O) groups is 1. The number of amides is 1. The molecule has 1 aliphatic heterocycles. The SMILES string of the molecule is CC1N=C(C23CCC(CNC(=O)OC(C)(C)C)(CC2)CC3)ON1C. The fraction of sp³-hybridized carbons (Fsp3) is 0.889. The maximum Gasteiger partial charge on any atom is 0.407 e. The average molecular weight is 337 g/mol. The fourth-order valence-electron chi connectivity index (χ4n) is 4.14. The van der Waals surface area contributed by atoms with Crippen LogP contribution < -0.4 is 5.32 Å². The number of nitrogens with zero attached hydrogens (tertiary/aromatic N) is 2. The predicted octanol–water partition coefficient (Wildman–Crippen LogP) is 3.47. The molecule has 0 spiro atoms. The summed E-state index contributed by atoms with van der Waals surface area (Å²) in [5, 5.41) is 4.83. The number of hydrogen-bond donors (Lipinski definition) is 1. The van der Waals surface area contributed by atoms with Crippen molar-refractivity contribution in [3.63, 3.8) is 0 Å². The zero-order valence-electron chi connectivity index (χ0n) is 15.6. The summed E-state index contributed by atoms with van der Waals surface area (Å²) in [6.45, 7) is 8.44. The number of rotatable bonds is 3. The van der Waals surface area contributed by atoms with Gasteiger partial charge in [0.05, 0.1) is 0 Å².